The molecule has 1 aromatic rings. The van der Waals surface area contributed by atoms with E-state index in [-0.39, 0.29) is 4.83 Å². The number of alkyl halides is 2. The van der Waals surface area contributed by atoms with Gasteiger partial charge in [-0.2, -0.15) is 0 Å². The van der Waals surface area contributed by atoms with E-state index in [1.807, 2.05) is 37.3 Å². The second-order valence-corrected chi connectivity index (χ2v) is 5.54. The number of rotatable bonds is 4. The van der Waals surface area contributed by atoms with Gasteiger partial charge in [0, 0.05) is 10.2 Å². The topological polar surface area (TPSA) is 20.2 Å². The minimum atomic E-state index is -0.761. The maximum Gasteiger partial charge on any atom is 0.0879 e. The molecule has 1 N–H and O–H groups in total. The molecule has 0 radical (unpaired) electrons. The molecule has 2 unspecified atom stereocenters. The lowest BCUT2D eigenvalue weighted by Crippen LogP contribution is -2.25. The molecule has 3 heteroatoms. The minimum Gasteiger partial charge on any atom is -0.385 e. The average Bonchev–Trinajstić information content (AvgIpc) is 2.18. The zero-order valence-electron chi connectivity index (χ0n) is 8.08. The third kappa shape index (κ3) is 3.37. The van der Waals surface area contributed by atoms with Crippen LogP contribution in [0.25, 0.3) is 0 Å². The van der Waals surface area contributed by atoms with Crippen LogP contribution < -0.4 is 0 Å². The molecule has 1 aromatic carbocycles. The molecule has 2 atom stereocenters. The smallest absolute Gasteiger partial charge is 0.0879 e. The van der Waals surface area contributed by atoms with Gasteiger partial charge in [-0.05, 0) is 18.9 Å². The van der Waals surface area contributed by atoms with Gasteiger partial charge in [0.1, 0.15) is 0 Å². The maximum atomic E-state index is 10.2. The summed E-state index contributed by atoms with van der Waals surface area (Å²) in [4.78, 5) is 0.290. The molecule has 0 aromatic heterocycles. The van der Waals surface area contributed by atoms with E-state index >= 15 is 0 Å². The summed E-state index contributed by atoms with van der Waals surface area (Å²) in [6.07, 6.45) is 0.697. The van der Waals surface area contributed by atoms with Crippen molar-refractivity contribution in [1.29, 1.82) is 0 Å². The van der Waals surface area contributed by atoms with Crippen LogP contribution in [-0.4, -0.2) is 15.3 Å². The van der Waals surface area contributed by atoms with Crippen molar-refractivity contribution in [2.75, 3.05) is 5.33 Å². The van der Waals surface area contributed by atoms with E-state index in [0.717, 1.165) is 10.9 Å². The molecule has 0 saturated heterocycles. The van der Waals surface area contributed by atoms with E-state index in [2.05, 4.69) is 31.9 Å². The van der Waals surface area contributed by atoms with Crippen molar-refractivity contribution in [3.8, 4) is 0 Å². The fraction of sp³-hybridized carbons (Fsp3) is 0.455. The van der Waals surface area contributed by atoms with Crippen molar-refractivity contribution < 1.29 is 5.11 Å². The molecule has 0 amide bonds. The second kappa shape index (κ2) is 5.29. The third-order valence-electron chi connectivity index (χ3n) is 2.18. The van der Waals surface area contributed by atoms with Gasteiger partial charge in [-0.15, -0.1) is 0 Å². The van der Waals surface area contributed by atoms with Gasteiger partial charge >= 0.3 is 0 Å². The SMILES string of the molecule is CC(O)(CC(Br)CBr)c1ccccc1. The predicted octanol–water partition coefficient (Wildman–Crippen LogP) is 3.44. The highest BCUT2D eigenvalue weighted by Gasteiger charge is 2.25. The first kappa shape index (κ1) is 12.2. The van der Waals surface area contributed by atoms with Gasteiger partial charge in [0.05, 0.1) is 5.60 Å². The van der Waals surface area contributed by atoms with Gasteiger partial charge in [0.2, 0.25) is 0 Å². The van der Waals surface area contributed by atoms with Crippen molar-refractivity contribution in [1.82, 2.24) is 0 Å². The molecule has 0 saturated carbocycles. The summed E-state index contributed by atoms with van der Waals surface area (Å²) in [6, 6.07) is 9.75. The number of hydrogen-bond acceptors (Lipinski definition) is 1. The summed E-state index contributed by atoms with van der Waals surface area (Å²) in [6.45, 7) is 1.85. The number of halogens is 2. The van der Waals surface area contributed by atoms with Crippen LogP contribution in [0.5, 0.6) is 0 Å². The molecule has 1 rings (SSSR count). The molecule has 14 heavy (non-hydrogen) atoms. The van der Waals surface area contributed by atoms with Gasteiger partial charge < -0.3 is 5.11 Å². The molecule has 0 heterocycles. The molecule has 0 spiro atoms. The van der Waals surface area contributed by atoms with Crippen LogP contribution in [0.15, 0.2) is 30.3 Å². The summed E-state index contributed by atoms with van der Waals surface area (Å²) in [5, 5.41) is 11.1. The van der Waals surface area contributed by atoms with Crippen molar-refractivity contribution in [2.45, 2.75) is 23.8 Å². The van der Waals surface area contributed by atoms with E-state index in [1.165, 1.54) is 0 Å². The highest BCUT2D eigenvalue weighted by Crippen LogP contribution is 2.28. The Hall–Kier alpha value is 0.140. The second-order valence-electron chi connectivity index (χ2n) is 3.60. The van der Waals surface area contributed by atoms with Crippen LogP contribution in [0.2, 0.25) is 0 Å². The van der Waals surface area contributed by atoms with Gasteiger partial charge in [0.15, 0.2) is 0 Å². The zero-order chi connectivity index (χ0) is 10.6. The predicted molar refractivity (Wildman–Crippen MR) is 67.1 cm³/mol. The van der Waals surface area contributed by atoms with Crippen LogP contribution in [0.4, 0.5) is 0 Å². The monoisotopic (exact) mass is 320 g/mol. The van der Waals surface area contributed by atoms with Crippen molar-refractivity contribution in [3.05, 3.63) is 35.9 Å². The Morgan fingerprint density at radius 1 is 1.36 bits per heavy atom. The lowest BCUT2D eigenvalue weighted by molar-refractivity contribution is 0.0494. The summed E-state index contributed by atoms with van der Waals surface area (Å²) < 4.78 is 0. The molecular formula is C11H14Br2O. The summed E-state index contributed by atoms with van der Waals surface area (Å²) in [5.41, 5.74) is 0.203. The van der Waals surface area contributed by atoms with Crippen molar-refractivity contribution in [3.63, 3.8) is 0 Å². The molecule has 0 aliphatic rings. The van der Waals surface area contributed by atoms with Gasteiger partial charge in [-0.3, -0.25) is 0 Å². The largest absolute Gasteiger partial charge is 0.385 e. The van der Waals surface area contributed by atoms with E-state index < -0.39 is 5.60 Å². The minimum absolute atomic E-state index is 0.290. The van der Waals surface area contributed by atoms with E-state index in [9.17, 15) is 5.11 Å². The molecule has 0 bridgehead atoms. The highest BCUT2D eigenvalue weighted by molar-refractivity contribution is 9.12. The molecular weight excluding hydrogens is 308 g/mol. The molecule has 78 valence electrons. The Labute approximate surface area is 102 Å². The van der Waals surface area contributed by atoms with E-state index in [1.54, 1.807) is 0 Å². The van der Waals surface area contributed by atoms with Crippen LogP contribution in [-0.2, 0) is 5.60 Å². The molecule has 0 aliphatic carbocycles. The Morgan fingerprint density at radius 3 is 2.43 bits per heavy atom. The highest BCUT2D eigenvalue weighted by atomic mass is 79.9. The average molecular weight is 322 g/mol. The number of aliphatic hydroxyl groups is 1. The third-order valence-corrected chi connectivity index (χ3v) is 4.48. The lowest BCUT2D eigenvalue weighted by atomic mass is 9.91. The molecule has 0 fully saturated rings. The van der Waals surface area contributed by atoms with E-state index in [0.29, 0.717) is 6.42 Å². The lowest BCUT2D eigenvalue weighted by Gasteiger charge is -2.25. The first-order valence-corrected chi connectivity index (χ1v) is 6.58. The van der Waals surface area contributed by atoms with Gasteiger partial charge in [0.25, 0.3) is 0 Å². The normalized spacial score (nSPS) is 17.4. The number of benzene rings is 1. The van der Waals surface area contributed by atoms with Crippen LogP contribution >= 0.6 is 31.9 Å². The van der Waals surface area contributed by atoms with Crippen LogP contribution in [0.3, 0.4) is 0 Å². The standard InChI is InChI=1S/C11H14Br2O/c1-11(14,7-10(13)8-12)9-5-3-2-4-6-9/h2-6,10,14H,7-8H2,1H3. The Morgan fingerprint density at radius 2 is 1.93 bits per heavy atom. The summed E-state index contributed by atoms with van der Waals surface area (Å²) in [7, 11) is 0. The van der Waals surface area contributed by atoms with Crippen molar-refractivity contribution >= 4 is 31.9 Å². The number of hydrogen-bond donors (Lipinski definition) is 1. The first-order valence-electron chi connectivity index (χ1n) is 4.54. The summed E-state index contributed by atoms with van der Waals surface area (Å²) >= 11 is 6.89. The maximum absolute atomic E-state index is 10.2. The van der Waals surface area contributed by atoms with Gasteiger partial charge in [-0.1, -0.05) is 62.2 Å². The van der Waals surface area contributed by atoms with Crippen LogP contribution in [0, 0.1) is 0 Å². The fourth-order valence-corrected chi connectivity index (χ4v) is 2.26. The van der Waals surface area contributed by atoms with Crippen molar-refractivity contribution in [2.24, 2.45) is 0 Å². The Kier molecular flexibility index (Phi) is 4.61. The van der Waals surface area contributed by atoms with E-state index in [4.69, 9.17) is 0 Å². The first-order chi connectivity index (χ1) is 6.56. The molecule has 1 nitrogen and oxygen atoms in total. The summed E-state index contributed by atoms with van der Waals surface area (Å²) in [5.74, 6) is 0. The van der Waals surface area contributed by atoms with Crippen LogP contribution in [0.1, 0.15) is 18.9 Å². The Bertz CT molecular complexity index is 272. The fourth-order valence-electron chi connectivity index (χ4n) is 1.40. The zero-order valence-corrected chi connectivity index (χ0v) is 11.3. The Balaban J connectivity index is 2.75. The molecule has 0 aliphatic heterocycles. The van der Waals surface area contributed by atoms with Gasteiger partial charge in [-0.25, -0.2) is 0 Å². The quantitative estimate of drug-likeness (QED) is 0.842.